The van der Waals surface area contributed by atoms with Gasteiger partial charge in [-0.2, -0.15) is 4.31 Å². The van der Waals surface area contributed by atoms with Crippen LogP contribution in [-0.2, 0) is 36.7 Å². The molecule has 0 radical (unpaired) electrons. The average Bonchev–Trinajstić information content (AvgIpc) is 3.47. The zero-order valence-corrected chi connectivity index (χ0v) is 22.4. The van der Waals surface area contributed by atoms with Gasteiger partial charge in [-0.15, -0.1) is 0 Å². The van der Waals surface area contributed by atoms with Crippen molar-refractivity contribution in [2.75, 3.05) is 18.9 Å². The predicted octanol–water partition coefficient (Wildman–Crippen LogP) is -1.91. The standard InChI is InChI=1S/C17H25N5O14P2S/c1-6(39)33-13-11(24)8(35-17(13)26)3-32-38(29,30)36-37(27,28)31-2-7-10(23)12(25)16(34-7)22-5-21-9-14(18)19-4-20-15(9)22/h4-5,7-8,10-13,16-17,23-26H,2-3H2,1H3,(H,27,28)(H,29,30)(H2,18,19,20)/t7-,8-,10-,11-,12-,13-,16-,17+/m1/s1. The molecule has 4 heterocycles. The number of aliphatic hydroxyl groups is 4. The van der Waals surface area contributed by atoms with Crippen molar-refractivity contribution in [3.63, 3.8) is 0 Å². The van der Waals surface area contributed by atoms with E-state index in [-0.39, 0.29) is 22.0 Å². The fraction of sp³-hybridized carbons (Fsp3) is 0.647. The molecule has 0 saturated carbocycles. The Morgan fingerprint density at radius 1 is 1.03 bits per heavy atom. The van der Waals surface area contributed by atoms with Gasteiger partial charge >= 0.3 is 15.6 Å². The highest BCUT2D eigenvalue weighted by molar-refractivity contribution is 7.80. The van der Waals surface area contributed by atoms with E-state index >= 15 is 0 Å². The SMILES string of the molecule is CC(=S)O[C@@H]1[C@H](O)[C@@H](COP(=O)(O)OP(=O)(O)OC[C@H]2O[C@@H](n3cnc4c(N)ncnc43)[C@H](O)[C@@H]2O)O[C@@H]1O. The molecule has 10 atom stereocenters. The Balaban J connectivity index is 1.32. The summed E-state index contributed by atoms with van der Waals surface area (Å²) < 4.78 is 54.8. The number of aliphatic hydroxyl groups excluding tert-OH is 4. The van der Waals surface area contributed by atoms with Gasteiger partial charge < -0.3 is 50.2 Å². The number of hydrogen-bond acceptors (Lipinski definition) is 17. The third-order valence-electron chi connectivity index (χ3n) is 5.62. The van der Waals surface area contributed by atoms with E-state index < -0.39 is 78.0 Å². The van der Waals surface area contributed by atoms with Crippen molar-refractivity contribution in [3.05, 3.63) is 12.7 Å². The first-order valence-corrected chi connectivity index (χ1v) is 14.4. The second-order valence-electron chi connectivity index (χ2n) is 8.37. The zero-order chi connectivity index (χ0) is 28.7. The minimum Gasteiger partial charge on any atom is -0.476 e. The maximum atomic E-state index is 12.3. The molecule has 218 valence electrons. The normalized spacial score (nSPS) is 34.1. The lowest BCUT2D eigenvalue weighted by atomic mass is 10.1. The van der Waals surface area contributed by atoms with Crippen LogP contribution in [0.25, 0.3) is 11.2 Å². The molecule has 2 unspecified atom stereocenters. The quantitative estimate of drug-likeness (QED) is 0.113. The summed E-state index contributed by atoms with van der Waals surface area (Å²) in [6.07, 6.45) is -9.36. The molecule has 0 amide bonds. The van der Waals surface area contributed by atoms with E-state index in [2.05, 4.69) is 28.3 Å². The van der Waals surface area contributed by atoms with Gasteiger partial charge in [0.1, 0.15) is 42.4 Å². The second-order valence-corrected chi connectivity index (χ2v) is 12.0. The molecule has 2 saturated heterocycles. The lowest BCUT2D eigenvalue weighted by Crippen LogP contribution is -2.37. The number of hydrogen-bond donors (Lipinski definition) is 7. The van der Waals surface area contributed by atoms with Gasteiger partial charge in [-0.3, -0.25) is 13.6 Å². The van der Waals surface area contributed by atoms with E-state index in [1.807, 2.05) is 0 Å². The van der Waals surface area contributed by atoms with Crippen LogP contribution in [-0.4, -0.2) is 111 Å². The number of nitrogen functional groups attached to an aromatic ring is 1. The first kappa shape index (κ1) is 30.2. The largest absolute Gasteiger partial charge is 0.481 e. The molecule has 0 aliphatic carbocycles. The van der Waals surface area contributed by atoms with E-state index in [1.54, 1.807) is 0 Å². The van der Waals surface area contributed by atoms with Crippen molar-refractivity contribution in [1.82, 2.24) is 19.5 Å². The highest BCUT2D eigenvalue weighted by Crippen LogP contribution is 2.60. The van der Waals surface area contributed by atoms with Crippen molar-refractivity contribution in [2.24, 2.45) is 0 Å². The number of ether oxygens (including phenoxy) is 3. The molecule has 2 fully saturated rings. The van der Waals surface area contributed by atoms with E-state index in [1.165, 1.54) is 17.8 Å². The smallest absolute Gasteiger partial charge is 0.476 e. The molecule has 39 heavy (non-hydrogen) atoms. The number of nitrogens with zero attached hydrogens (tertiary/aromatic N) is 4. The van der Waals surface area contributed by atoms with Gasteiger partial charge in [-0.25, -0.2) is 24.1 Å². The van der Waals surface area contributed by atoms with Gasteiger partial charge in [0.05, 0.1) is 19.5 Å². The molecule has 2 aliphatic heterocycles. The van der Waals surface area contributed by atoms with Crippen LogP contribution in [0, 0.1) is 0 Å². The molecule has 4 rings (SSSR count). The second kappa shape index (κ2) is 11.6. The summed E-state index contributed by atoms with van der Waals surface area (Å²) in [7, 11) is -10.6. The summed E-state index contributed by atoms with van der Waals surface area (Å²) in [5, 5.41) is 40.7. The highest BCUT2D eigenvalue weighted by atomic mass is 32.1. The molecular weight excluding hydrogens is 592 g/mol. The minimum absolute atomic E-state index is 0.00922. The Hall–Kier alpha value is -1.74. The zero-order valence-electron chi connectivity index (χ0n) is 19.8. The molecule has 0 aromatic carbocycles. The van der Waals surface area contributed by atoms with Gasteiger partial charge in [0, 0.05) is 6.92 Å². The van der Waals surface area contributed by atoms with E-state index in [0.29, 0.717) is 0 Å². The molecular formula is C17H25N5O14P2S. The number of phosphoric acid groups is 2. The van der Waals surface area contributed by atoms with E-state index in [0.717, 1.165) is 6.33 Å². The number of fused-ring (bicyclic) bond motifs is 1. The number of nitrogens with two attached hydrogens (primary N) is 1. The number of aromatic nitrogens is 4. The van der Waals surface area contributed by atoms with Gasteiger partial charge in [0.2, 0.25) is 0 Å². The van der Waals surface area contributed by atoms with E-state index in [9.17, 15) is 39.3 Å². The van der Waals surface area contributed by atoms with Crippen molar-refractivity contribution >= 4 is 49.9 Å². The number of thiocarbonyl (C=S) groups is 1. The van der Waals surface area contributed by atoms with Gasteiger partial charge in [-0.1, -0.05) is 0 Å². The predicted molar refractivity (Wildman–Crippen MR) is 128 cm³/mol. The number of imidazole rings is 1. The molecule has 0 bridgehead atoms. The highest BCUT2D eigenvalue weighted by Gasteiger charge is 2.48. The molecule has 22 heteroatoms. The Kier molecular flexibility index (Phi) is 9.01. The van der Waals surface area contributed by atoms with Crippen LogP contribution in [0.5, 0.6) is 0 Å². The van der Waals surface area contributed by atoms with Crippen LogP contribution in [0.1, 0.15) is 13.2 Å². The van der Waals surface area contributed by atoms with Gasteiger partial charge in [0.15, 0.2) is 35.1 Å². The monoisotopic (exact) mass is 617 g/mol. The first-order chi connectivity index (χ1) is 18.2. The van der Waals surface area contributed by atoms with Crippen molar-refractivity contribution in [1.29, 1.82) is 0 Å². The maximum Gasteiger partial charge on any atom is 0.481 e. The van der Waals surface area contributed by atoms with Crippen LogP contribution >= 0.6 is 27.9 Å². The molecule has 2 aromatic rings. The van der Waals surface area contributed by atoms with Gasteiger partial charge in [-0.05, 0) is 12.2 Å². The molecule has 19 nitrogen and oxygen atoms in total. The third-order valence-corrected chi connectivity index (χ3v) is 8.32. The summed E-state index contributed by atoms with van der Waals surface area (Å²) in [6, 6.07) is 0. The summed E-state index contributed by atoms with van der Waals surface area (Å²) in [5.41, 5.74) is 6.11. The molecule has 2 aliphatic rings. The van der Waals surface area contributed by atoms with Crippen LogP contribution < -0.4 is 5.73 Å². The number of rotatable bonds is 10. The molecule has 2 aromatic heterocycles. The van der Waals surface area contributed by atoms with Crippen LogP contribution in [0.15, 0.2) is 12.7 Å². The number of phosphoric ester groups is 2. The summed E-state index contributed by atoms with van der Waals surface area (Å²) in [6.45, 7) is -0.360. The molecule has 0 spiro atoms. The third kappa shape index (κ3) is 6.77. The lowest BCUT2D eigenvalue weighted by molar-refractivity contribution is -0.129. The van der Waals surface area contributed by atoms with Crippen LogP contribution in [0.3, 0.4) is 0 Å². The fourth-order valence-corrected chi connectivity index (χ4v) is 6.04. The topological polar surface area (TPSA) is 281 Å². The Morgan fingerprint density at radius 2 is 1.64 bits per heavy atom. The van der Waals surface area contributed by atoms with Crippen molar-refractivity contribution in [3.8, 4) is 0 Å². The van der Waals surface area contributed by atoms with Crippen LogP contribution in [0.2, 0.25) is 0 Å². The lowest BCUT2D eigenvalue weighted by Gasteiger charge is -2.21. The average molecular weight is 617 g/mol. The Labute approximate surface area is 224 Å². The Morgan fingerprint density at radius 3 is 2.26 bits per heavy atom. The summed E-state index contributed by atoms with van der Waals surface area (Å²) in [4.78, 5) is 31.6. The van der Waals surface area contributed by atoms with Gasteiger partial charge in [0.25, 0.3) is 0 Å². The Bertz CT molecular complexity index is 1300. The fourth-order valence-electron chi connectivity index (χ4n) is 3.84. The summed E-state index contributed by atoms with van der Waals surface area (Å²) >= 11 is 4.73. The number of anilines is 1. The first-order valence-electron chi connectivity index (χ1n) is 11.0. The van der Waals surface area contributed by atoms with Crippen molar-refractivity contribution < 1.29 is 66.9 Å². The molecule has 8 N–H and O–H groups in total. The minimum atomic E-state index is -5.32. The van der Waals surface area contributed by atoms with Crippen molar-refractivity contribution in [2.45, 2.75) is 56.1 Å². The van der Waals surface area contributed by atoms with E-state index in [4.69, 9.17) is 32.2 Å². The summed E-state index contributed by atoms with van der Waals surface area (Å²) in [5.74, 6) is 0.0593. The maximum absolute atomic E-state index is 12.3. The van der Waals surface area contributed by atoms with Crippen LogP contribution in [0.4, 0.5) is 5.82 Å².